The van der Waals surface area contributed by atoms with E-state index in [1.165, 1.54) is 0 Å². The van der Waals surface area contributed by atoms with Crippen molar-refractivity contribution in [2.75, 3.05) is 12.4 Å². The van der Waals surface area contributed by atoms with Crippen molar-refractivity contribution in [3.63, 3.8) is 0 Å². The lowest BCUT2D eigenvalue weighted by Gasteiger charge is -2.19. The number of hydrogen-bond acceptors (Lipinski definition) is 4. The molecule has 0 bridgehead atoms. The van der Waals surface area contributed by atoms with Crippen LogP contribution < -0.4 is 10.5 Å². The van der Waals surface area contributed by atoms with E-state index in [2.05, 4.69) is 0 Å². The molecule has 19 heavy (non-hydrogen) atoms. The van der Waals surface area contributed by atoms with Crippen molar-refractivity contribution in [2.45, 2.75) is 25.5 Å². The van der Waals surface area contributed by atoms with Crippen molar-refractivity contribution in [3.8, 4) is 5.75 Å². The second-order valence-corrected chi connectivity index (χ2v) is 8.08. The van der Waals surface area contributed by atoms with E-state index >= 15 is 0 Å². The number of ether oxygens (including phenoxy) is 1. The maximum absolute atomic E-state index is 11.9. The van der Waals surface area contributed by atoms with Crippen LogP contribution in [-0.2, 0) is 9.84 Å². The Hall–Kier alpha value is -1.56. The summed E-state index contributed by atoms with van der Waals surface area (Å²) in [6, 6.07) is 6.73. The Kier molecular flexibility index (Phi) is 4.57. The van der Waals surface area contributed by atoms with Crippen molar-refractivity contribution < 1.29 is 13.2 Å². The molecular formula is C13H20N2O3S. The highest BCUT2D eigenvalue weighted by molar-refractivity contribution is 7.92. The quantitative estimate of drug-likeness (QED) is 0.634. The van der Waals surface area contributed by atoms with Crippen LogP contribution in [0.15, 0.2) is 24.3 Å². The first kappa shape index (κ1) is 15.5. The minimum absolute atomic E-state index is 0.0409. The fourth-order valence-electron chi connectivity index (χ4n) is 1.33. The molecule has 0 fully saturated rings. The van der Waals surface area contributed by atoms with Gasteiger partial charge in [-0.1, -0.05) is 12.1 Å². The topological polar surface area (TPSA) is 93.2 Å². The molecule has 0 atom stereocenters. The summed E-state index contributed by atoms with van der Waals surface area (Å²) in [4.78, 5) is 0. The standard InChI is InChI=1S/C13H20N2O3S/c1-13(2,3)19(16,17)8-7-18-11-6-4-5-10(9-11)12(14)15/h4-6,9H,7-8H2,1-3H3,(H3,14,15). The molecule has 0 aliphatic carbocycles. The van der Waals surface area contributed by atoms with Gasteiger partial charge in [0.05, 0.1) is 10.5 Å². The monoisotopic (exact) mass is 284 g/mol. The third kappa shape index (κ3) is 4.24. The first-order valence-electron chi connectivity index (χ1n) is 5.93. The Morgan fingerprint density at radius 1 is 1.37 bits per heavy atom. The van der Waals surface area contributed by atoms with E-state index in [-0.39, 0.29) is 18.2 Å². The largest absolute Gasteiger partial charge is 0.493 e. The molecule has 0 unspecified atom stereocenters. The van der Waals surface area contributed by atoms with Crippen LogP contribution in [0.3, 0.4) is 0 Å². The molecular weight excluding hydrogens is 264 g/mol. The number of nitrogens with two attached hydrogens (primary N) is 1. The summed E-state index contributed by atoms with van der Waals surface area (Å²) >= 11 is 0. The number of nitrogens with one attached hydrogen (secondary N) is 1. The highest BCUT2D eigenvalue weighted by Gasteiger charge is 2.28. The second-order valence-electron chi connectivity index (χ2n) is 5.22. The second kappa shape index (κ2) is 5.61. The molecule has 1 aromatic carbocycles. The zero-order valence-corrected chi connectivity index (χ0v) is 12.3. The van der Waals surface area contributed by atoms with Crippen LogP contribution in [-0.4, -0.2) is 31.4 Å². The fraction of sp³-hybridized carbons (Fsp3) is 0.462. The van der Waals surface area contributed by atoms with Gasteiger partial charge in [-0.05, 0) is 32.9 Å². The summed E-state index contributed by atoms with van der Waals surface area (Å²) in [6.45, 7) is 5.08. The molecule has 0 saturated heterocycles. The van der Waals surface area contributed by atoms with Gasteiger partial charge in [0.25, 0.3) is 0 Å². The van der Waals surface area contributed by atoms with Crippen molar-refractivity contribution in [1.82, 2.24) is 0 Å². The van der Waals surface area contributed by atoms with Crippen molar-refractivity contribution in [3.05, 3.63) is 29.8 Å². The molecule has 0 aromatic heterocycles. The van der Waals surface area contributed by atoms with E-state index in [1.54, 1.807) is 45.0 Å². The molecule has 5 nitrogen and oxygen atoms in total. The van der Waals surface area contributed by atoms with Gasteiger partial charge < -0.3 is 10.5 Å². The van der Waals surface area contributed by atoms with Crippen LogP contribution in [0.4, 0.5) is 0 Å². The van der Waals surface area contributed by atoms with Gasteiger partial charge in [-0.25, -0.2) is 8.42 Å². The highest BCUT2D eigenvalue weighted by atomic mass is 32.2. The van der Waals surface area contributed by atoms with Gasteiger partial charge in [-0.3, -0.25) is 5.41 Å². The maximum Gasteiger partial charge on any atom is 0.158 e. The molecule has 0 heterocycles. The van der Waals surface area contributed by atoms with Gasteiger partial charge in [-0.2, -0.15) is 0 Å². The van der Waals surface area contributed by atoms with Gasteiger partial charge in [-0.15, -0.1) is 0 Å². The van der Waals surface area contributed by atoms with E-state index in [9.17, 15) is 8.42 Å². The van der Waals surface area contributed by atoms with Gasteiger partial charge in [0.15, 0.2) is 9.84 Å². The van der Waals surface area contributed by atoms with Gasteiger partial charge >= 0.3 is 0 Å². The molecule has 0 spiro atoms. The average molecular weight is 284 g/mol. The lowest BCUT2D eigenvalue weighted by Crippen LogP contribution is -2.32. The fourth-order valence-corrected chi connectivity index (χ4v) is 2.24. The summed E-state index contributed by atoms with van der Waals surface area (Å²) < 4.78 is 28.4. The van der Waals surface area contributed by atoms with Crippen LogP contribution >= 0.6 is 0 Å². The Bertz CT molecular complexity index is 559. The number of sulfone groups is 1. The number of benzene rings is 1. The minimum atomic E-state index is -3.19. The number of rotatable bonds is 5. The Morgan fingerprint density at radius 2 is 2.00 bits per heavy atom. The SMILES string of the molecule is CC(C)(C)S(=O)(=O)CCOc1cccc(C(=N)N)c1. The zero-order valence-electron chi connectivity index (χ0n) is 11.4. The summed E-state index contributed by atoms with van der Waals surface area (Å²) in [5.74, 6) is 0.422. The molecule has 1 rings (SSSR count). The summed E-state index contributed by atoms with van der Waals surface area (Å²) in [7, 11) is -3.19. The Labute approximate surface area is 114 Å². The van der Waals surface area contributed by atoms with Crippen LogP contribution in [0.1, 0.15) is 26.3 Å². The number of amidine groups is 1. The molecule has 3 N–H and O–H groups in total. The minimum Gasteiger partial charge on any atom is -0.493 e. The Morgan fingerprint density at radius 3 is 2.53 bits per heavy atom. The predicted molar refractivity (Wildman–Crippen MR) is 76.5 cm³/mol. The normalized spacial score (nSPS) is 12.2. The van der Waals surface area contributed by atoms with E-state index in [4.69, 9.17) is 15.9 Å². The van der Waals surface area contributed by atoms with E-state index in [1.807, 2.05) is 0 Å². The lowest BCUT2D eigenvalue weighted by atomic mass is 10.2. The molecule has 6 heteroatoms. The molecule has 0 amide bonds. The third-order valence-corrected chi connectivity index (χ3v) is 5.27. The van der Waals surface area contributed by atoms with Crippen LogP contribution in [0.2, 0.25) is 0 Å². The van der Waals surface area contributed by atoms with Gasteiger partial charge in [0.1, 0.15) is 18.2 Å². The predicted octanol–water partition coefficient (Wildman–Crippen LogP) is 1.56. The average Bonchev–Trinajstić information content (AvgIpc) is 2.27. The van der Waals surface area contributed by atoms with Gasteiger partial charge in [0, 0.05) is 5.56 Å². The number of hydrogen-bond donors (Lipinski definition) is 2. The zero-order chi connectivity index (χ0) is 14.7. The van der Waals surface area contributed by atoms with Crippen molar-refractivity contribution in [2.24, 2.45) is 5.73 Å². The summed E-state index contributed by atoms with van der Waals surface area (Å²) in [6.07, 6.45) is 0. The van der Waals surface area contributed by atoms with Crippen LogP contribution in [0.25, 0.3) is 0 Å². The molecule has 106 valence electrons. The van der Waals surface area contributed by atoms with E-state index in [0.29, 0.717) is 11.3 Å². The molecule has 0 aliphatic heterocycles. The van der Waals surface area contributed by atoms with Crippen molar-refractivity contribution >= 4 is 15.7 Å². The van der Waals surface area contributed by atoms with Crippen LogP contribution in [0.5, 0.6) is 5.75 Å². The van der Waals surface area contributed by atoms with E-state index < -0.39 is 14.6 Å². The summed E-state index contributed by atoms with van der Waals surface area (Å²) in [5, 5.41) is 7.32. The first-order chi connectivity index (χ1) is 8.63. The molecule has 0 saturated carbocycles. The highest BCUT2D eigenvalue weighted by Crippen LogP contribution is 2.17. The number of nitrogen functional groups attached to an aromatic ring is 1. The van der Waals surface area contributed by atoms with Crippen molar-refractivity contribution in [1.29, 1.82) is 5.41 Å². The smallest absolute Gasteiger partial charge is 0.158 e. The van der Waals surface area contributed by atoms with E-state index in [0.717, 1.165) is 0 Å². The third-order valence-electron chi connectivity index (χ3n) is 2.70. The van der Waals surface area contributed by atoms with Gasteiger partial charge in [0.2, 0.25) is 0 Å². The Balaban J connectivity index is 2.64. The summed E-state index contributed by atoms with van der Waals surface area (Å²) in [5.41, 5.74) is 5.92. The van der Waals surface area contributed by atoms with Crippen LogP contribution in [0, 0.1) is 5.41 Å². The molecule has 0 radical (unpaired) electrons. The molecule has 0 aliphatic rings. The lowest BCUT2D eigenvalue weighted by molar-refractivity contribution is 0.339. The molecule has 1 aromatic rings. The first-order valence-corrected chi connectivity index (χ1v) is 7.58. The maximum atomic E-state index is 11.9.